The number of nitrogens with zero attached hydrogens (tertiary/aromatic N) is 1. The monoisotopic (exact) mass is 399 g/mol. The Morgan fingerprint density at radius 2 is 1.90 bits per heavy atom. The summed E-state index contributed by atoms with van der Waals surface area (Å²) in [5, 5.41) is 14.0. The number of rotatable bonds is 5. The first-order valence-electron chi connectivity index (χ1n) is 9.28. The van der Waals surface area contributed by atoms with Gasteiger partial charge in [-0.3, -0.25) is 14.9 Å². The molecule has 2 aromatic rings. The molecule has 0 saturated carbocycles. The first-order valence-corrected chi connectivity index (χ1v) is 9.28. The molecule has 0 unspecified atom stereocenters. The van der Waals surface area contributed by atoms with Gasteiger partial charge in [-0.1, -0.05) is 6.07 Å². The Kier molecular flexibility index (Phi) is 4.98. The molecule has 2 heterocycles. The Labute approximate surface area is 166 Å². The van der Waals surface area contributed by atoms with Crippen LogP contribution >= 0.6 is 0 Å². The van der Waals surface area contributed by atoms with Crippen LogP contribution in [0.1, 0.15) is 28.8 Å². The molecule has 1 saturated heterocycles. The number of benzene rings is 2. The summed E-state index contributed by atoms with van der Waals surface area (Å²) < 4.78 is 16.4. The van der Waals surface area contributed by atoms with Crippen LogP contribution in [0, 0.1) is 10.1 Å². The van der Waals surface area contributed by atoms with E-state index in [1.807, 2.05) is 18.2 Å². The Bertz CT molecular complexity index is 955. The van der Waals surface area contributed by atoms with Crippen LogP contribution in [0.3, 0.4) is 0 Å². The van der Waals surface area contributed by atoms with Crippen molar-refractivity contribution in [2.24, 2.45) is 0 Å². The normalized spacial score (nSPS) is 17.0. The number of anilines is 1. The van der Waals surface area contributed by atoms with Crippen molar-refractivity contribution in [1.82, 2.24) is 5.32 Å². The maximum absolute atomic E-state index is 12.7. The van der Waals surface area contributed by atoms with Crippen LogP contribution in [0.2, 0.25) is 0 Å². The van der Waals surface area contributed by atoms with Crippen molar-refractivity contribution in [2.75, 3.05) is 32.3 Å². The quantitative estimate of drug-likeness (QED) is 0.449. The van der Waals surface area contributed by atoms with Gasteiger partial charge in [0.2, 0.25) is 6.79 Å². The molecular formula is C20H21N3O6. The standard InChI is InChI=1S/C20H21N3O6/c21-15-3-1-13(9-16(15)23(25)26)19(24)22-11-20(5-7-27-8-6-20)14-2-4-17-18(10-14)29-12-28-17/h1-4,9-10H,5-8,11-12,21H2,(H,22,24). The van der Waals surface area contributed by atoms with E-state index in [0.717, 1.165) is 18.4 Å². The van der Waals surface area contributed by atoms with Crippen molar-refractivity contribution >= 4 is 17.3 Å². The molecular weight excluding hydrogens is 378 g/mol. The molecule has 0 bridgehead atoms. The highest BCUT2D eigenvalue weighted by Crippen LogP contribution is 2.40. The van der Waals surface area contributed by atoms with Gasteiger partial charge in [0.05, 0.1) is 4.92 Å². The lowest BCUT2D eigenvalue weighted by molar-refractivity contribution is -0.383. The van der Waals surface area contributed by atoms with Crippen molar-refractivity contribution in [3.05, 3.63) is 57.6 Å². The van der Waals surface area contributed by atoms with Crippen molar-refractivity contribution in [2.45, 2.75) is 18.3 Å². The van der Waals surface area contributed by atoms with Crippen LogP contribution < -0.4 is 20.5 Å². The van der Waals surface area contributed by atoms with Gasteiger partial charge in [-0.2, -0.15) is 0 Å². The second-order valence-electron chi connectivity index (χ2n) is 7.17. The predicted octanol–water partition coefficient (Wildman–Crippen LogP) is 2.38. The van der Waals surface area contributed by atoms with E-state index >= 15 is 0 Å². The Balaban J connectivity index is 1.56. The van der Waals surface area contributed by atoms with Crippen LogP contribution in [0.5, 0.6) is 11.5 Å². The Morgan fingerprint density at radius 3 is 2.66 bits per heavy atom. The topological polar surface area (TPSA) is 126 Å². The van der Waals surface area contributed by atoms with E-state index in [9.17, 15) is 14.9 Å². The summed E-state index contributed by atoms with van der Waals surface area (Å²) in [4.78, 5) is 23.2. The summed E-state index contributed by atoms with van der Waals surface area (Å²) in [6.45, 7) is 1.73. The second kappa shape index (κ2) is 7.59. The summed E-state index contributed by atoms with van der Waals surface area (Å²) in [7, 11) is 0. The van der Waals surface area contributed by atoms with Crippen molar-refractivity contribution < 1.29 is 23.9 Å². The number of carbonyl (C=O) groups excluding carboxylic acids is 1. The summed E-state index contributed by atoms with van der Waals surface area (Å²) >= 11 is 0. The van der Waals surface area contributed by atoms with Crippen LogP contribution in [0.25, 0.3) is 0 Å². The minimum atomic E-state index is -0.599. The molecule has 0 radical (unpaired) electrons. The molecule has 29 heavy (non-hydrogen) atoms. The summed E-state index contributed by atoms with van der Waals surface area (Å²) in [5.74, 6) is 1.00. The van der Waals surface area contributed by atoms with Crippen LogP contribution in [-0.4, -0.2) is 37.4 Å². The van der Waals surface area contributed by atoms with Gasteiger partial charge in [0.1, 0.15) is 5.69 Å². The van der Waals surface area contributed by atoms with Gasteiger partial charge in [0, 0.05) is 36.8 Å². The maximum atomic E-state index is 12.7. The Hall–Kier alpha value is -3.33. The second-order valence-corrected chi connectivity index (χ2v) is 7.17. The van der Waals surface area contributed by atoms with E-state index < -0.39 is 4.92 Å². The van der Waals surface area contributed by atoms with Crippen LogP contribution in [-0.2, 0) is 10.2 Å². The number of hydrogen-bond acceptors (Lipinski definition) is 7. The fourth-order valence-corrected chi connectivity index (χ4v) is 3.75. The van der Waals surface area contributed by atoms with E-state index in [1.54, 1.807) is 0 Å². The third-order valence-electron chi connectivity index (χ3n) is 5.51. The number of carbonyl (C=O) groups is 1. The lowest BCUT2D eigenvalue weighted by atomic mass is 9.74. The average molecular weight is 399 g/mol. The molecule has 9 nitrogen and oxygen atoms in total. The third kappa shape index (κ3) is 3.68. The van der Waals surface area contributed by atoms with Gasteiger partial charge in [-0.05, 0) is 42.7 Å². The van der Waals surface area contributed by atoms with Crippen molar-refractivity contribution in [3.8, 4) is 11.5 Å². The number of nitro groups is 1. The summed E-state index contributed by atoms with van der Waals surface area (Å²) in [5.41, 5.74) is 6.26. The molecule has 4 rings (SSSR count). The molecule has 2 aromatic carbocycles. The first-order chi connectivity index (χ1) is 14.0. The maximum Gasteiger partial charge on any atom is 0.292 e. The number of nitrogen functional groups attached to an aromatic ring is 1. The van der Waals surface area contributed by atoms with Crippen LogP contribution in [0.15, 0.2) is 36.4 Å². The fourth-order valence-electron chi connectivity index (χ4n) is 3.75. The van der Waals surface area contributed by atoms with Crippen LogP contribution in [0.4, 0.5) is 11.4 Å². The first kappa shape index (κ1) is 19.0. The van der Waals surface area contributed by atoms with E-state index in [0.29, 0.717) is 31.3 Å². The van der Waals surface area contributed by atoms with E-state index in [4.69, 9.17) is 19.9 Å². The summed E-state index contributed by atoms with van der Waals surface area (Å²) in [6, 6.07) is 9.86. The smallest absolute Gasteiger partial charge is 0.292 e. The number of fused-ring (bicyclic) bond motifs is 1. The van der Waals surface area contributed by atoms with Crippen molar-refractivity contribution in [1.29, 1.82) is 0 Å². The number of ether oxygens (including phenoxy) is 3. The van der Waals surface area contributed by atoms with E-state index in [1.165, 1.54) is 18.2 Å². The van der Waals surface area contributed by atoms with E-state index in [2.05, 4.69) is 5.32 Å². The zero-order chi connectivity index (χ0) is 20.4. The molecule has 152 valence electrons. The molecule has 0 spiro atoms. The van der Waals surface area contributed by atoms with Crippen molar-refractivity contribution in [3.63, 3.8) is 0 Å². The number of nitro benzene ring substituents is 1. The lowest BCUT2D eigenvalue weighted by Crippen LogP contribution is -2.44. The van der Waals surface area contributed by atoms with E-state index in [-0.39, 0.29) is 35.1 Å². The minimum absolute atomic E-state index is 0.0211. The summed E-state index contributed by atoms with van der Waals surface area (Å²) in [6.07, 6.45) is 1.46. The highest BCUT2D eigenvalue weighted by atomic mass is 16.7. The Morgan fingerprint density at radius 1 is 1.14 bits per heavy atom. The van der Waals surface area contributed by atoms with Gasteiger partial charge in [-0.25, -0.2) is 0 Å². The molecule has 9 heteroatoms. The largest absolute Gasteiger partial charge is 0.454 e. The van der Waals surface area contributed by atoms with Gasteiger partial charge in [-0.15, -0.1) is 0 Å². The molecule has 0 aliphatic carbocycles. The fraction of sp³-hybridized carbons (Fsp3) is 0.350. The third-order valence-corrected chi connectivity index (χ3v) is 5.51. The number of nitrogens with one attached hydrogen (secondary N) is 1. The van der Waals surface area contributed by atoms with Gasteiger partial charge in [0.25, 0.3) is 11.6 Å². The highest BCUT2D eigenvalue weighted by Gasteiger charge is 2.36. The SMILES string of the molecule is Nc1ccc(C(=O)NCC2(c3ccc4c(c3)OCO4)CCOCC2)cc1[N+](=O)[O-]. The number of amides is 1. The molecule has 0 atom stereocenters. The molecule has 1 amide bonds. The lowest BCUT2D eigenvalue weighted by Gasteiger charge is -2.38. The highest BCUT2D eigenvalue weighted by molar-refractivity contribution is 5.95. The predicted molar refractivity (Wildman–Crippen MR) is 104 cm³/mol. The number of hydrogen-bond donors (Lipinski definition) is 2. The molecule has 2 aliphatic heterocycles. The minimum Gasteiger partial charge on any atom is -0.454 e. The average Bonchev–Trinajstić information content (AvgIpc) is 3.21. The molecule has 2 aliphatic rings. The van der Waals surface area contributed by atoms with Gasteiger partial charge in [0.15, 0.2) is 11.5 Å². The molecule has 0 aromatic heterocycles. The number of nitrogens with two attached hydrogens (primary N) is 1. The van der Waals surface area contributed by atoms with Gasteiger partial charge < -0.3 is 25.3 Å². The molecule has 1 fully saturated rings. The zero-order valence-corrected chi connectivity index (χ0v) is 15.7. The zero-order valence-electron chi connectivity index (χ0n) is 15.7. The van der Waals surface area contributed by atoms with Gasteiger partial charge >= 0.3 is 0 Å². The molecule has 3 N–H and O–H groups in total.